The van der Waals surface area contributed by atoms with Gasteiger partial charge in [0.15, 0.2) is 18.2 Å². The summed E-state index contributed by atoms with van der Waals surface area (Å²) in [6, 6.07) is 10.9. The maximum absolute atomic E-state index is 13.3. The Morgan fingerprint density at radius 1 is 0.969 bits per heavy atom. The Morgan fingerprint density at radius 2 is 1.75 bits per heavy atom. The lowest BCUT2D eigenvalue weighted by Gasteiger charge is -2.50. The van der Waals surface area contributed by atoms with Crippen LogP contribution in [-0.2, 0) is 25.7 Å². The van der Waals surface area contributed by atoms with Crippen LogP contribution in [0.4, 0.5) is 23.1 Å². The van der Waals surface area contributed by atoms with Crippen LogP contribution < -0.4 is 36.0 Å². The van der Waals surface area contributed by atoms with Gasteiger partial charge in [-0.1, -0.05) is 23.2 Å². The van der Waals surface area contributed by atoms with E-state index in [9.17, 15) is 24.0 Å². The highest BCUT2D eigenvalue weighted by Gasteiger charge is 2.42. The zero-order chi connectivity index (χ0) is 45.7. The summed E-state index contributed by atoms with van der Waals surface area (Å²) in [5.74, 6) is -0.173. The van der Waals surface area contributed by atoms with Crippen molar-refractivity contribution in [1.82, 2.24) is 35.0 Å². The first-order valence-corrected chi connectivity index (χ1v) is 23.2. The number of carbonyl (C=O) groups excluding carboxylic acids is 4. The Hall–Kier alpha value is -5.49. The number of benzene rings is 2. The van der Waals surface area contributed by atoms with Crippen molar-refractivity contribution < 1.29 is 28.7 Å². The van der Waals surface area contributed by atoms with Crippen LogP contribution in [0.5, 0.6) is 5.75 Å². The zero-order valence-corrected chi connectivity index (χ0v) is 38.5. The molecule has 3 N–H and O–H groups in total. The van der Waals surface area contributed by atoms with E-state index in [0.29, 0.717) is 45.5 Å². The predicted octanol–water partition coefficient (Wildman–Crippen LogP) is 5.04. The third-order valence-electron chi connectivity index (χ3n) is 13.4. The van der Waals surface area contributed by atoms with Crippen LogP contribution in [0.3, 0.4) is 0 Å². The maximum atomic E-state index is 13.3. The molecule has 6 heterocycles. The summed E-state index contributed by atoms with van der Waals surface area (Å²) < 4.78 is 13.9. The van der Waals surface area contributed by atoms with Crippen LogP contribution in [0.15, 0.2) is 47.4 Å². The fourth-order valence-corrected chi connectivity index (χ4v) is 10.3. The first-order chi connectivity index (χ1) is 31.3. The molecule has 19 heteroatoms. The van der Waals surface area contributed by atoms with E-state index in [4.69, 9.17) is 37.7 Å². The number of anilines is 4. The van der Waals surface area contributed by atoms with E-state index in [0.717, 1.165) is 80.6 Å². The van der Waals surface area contributed by atoms with Gasteiger partial charge in [0.05, 0.1) is 34.6 Å². The van der Waals surface area contributed by atoms with E-state index in [1.807, 2.05) is 44.2 Å². The predicted molar refractivity (Wildman–Crippen MR) is 247 cm³/mol. The van der Waals surface area contributed by atoms with Gasteiger partial charge in [-0.15, -0.1) is 0 Å². The summed E-state index contributed by atoms with van der Waals surface area (Å²) in [6.07, 6.45) is 6.21. The number of piperazine rings is 1. The molecular weight excluding hydrogens is 875 g/mol. The molecule has 2 aromatic heterocycles. The molecule has 0 radical (unpaired) electrons. The van der Waals surface area contributed by atoms with Crippen LogP contribution >= 0.6 is 23.2 Å². The van der Waals surface area contributed by atoms with Crippen molar-refractivity contribution in [2.75, 3.05) is 61.5 Å². The number of halogens is 2. The number of amides is 4. The standard InChI is InChI=1S/C46H54Cl2N10O7/c1-25(2)58-35-7-5-28(17-27(35)18-38(45(58)63)64-24-40(60)49-4)51-42-34(47)21-50-46(53-42)54-13-11-30(12-14-54)65-31-19-29(20-31)55-15-16-56(26(3)22-55)36-8-6-32-33(41(36)48)23-57(44(32)62)37-9-10-39(59)52-43(37)61/h5-8,17-18,21,25-26,29-31,37H,9-16,19-20,22-24H2,1-4H3,(H,49,60)(H,50,51,53)(H,52,59,61)/t26-,29-,31-,37-/m1/s1. The number of likely N-dealkylation sites (N-methyl/N-ethyl adjacent to an activating group) is 1. The van der Waals surface area contributed by atoms with Gasteiger partial charge in [-0.05, 0) is 89.3 Å². The number of imide groups is 1. The lowest BCUT2D eigenvalue weighted by molar-refractivity contribution is -0.137. The van der Waals surface area contributed by atoms with Crippen molar-refractivity contribution in [2.24, 2.45) is 0 Å². The molecule has 2 aromatic carbocycles. The summed E-state index contributed by atoms with van der Waals surface area (Å²) in [4.78, 5) is 80.7. The topological polar surface area (TPSA) is 184 Å². The van der Waals surface area contributed by atoms with E-state index in [1.165, 1.54) is 7.05 Å². The van der Waals surface area contributed by atoms with Crippen molar-refractivity contribution in [3.05, 3.63) is 74.1 Å². The van der Waals surface area contributed by atoms with E-state index >= 15 is 0 Å². The highest BCUT2D eigenvalue weighted by Crippen LogP contribution is 2.40. The number of fused-ring (bicyclic) bond motifs is 2. The second-order valence-electron chi connectivity index (χ2n) is 17.9. The highest BCUT2D eigenvalue weighted by molar-refractivity contribution is 6.35. The number of rotatable bonds is 12. The third kappa shape index (κ3) is 8.95. The molecule has 0 bridgehead atoms. The molecule has 2 atom stereocenters. The van der Waals surface area contributed by atoms with Gasteiger partial charge in [0.1, 0.15) is 11.1 Å². The van der Waals surface area contributed by atoms with Crippen LogP contribution in [0, 0.1) is 0 Å². The van der Waals surface area contributed by atoms with Gasteiger partial charge in [-0.2, -0.15) is 4.98 Å². The van der Waals surface area contributed by atoms with Crippen molar-refractivity contribution in [2.45, 2.75) is 102 Å². The number of aromatic nitrogens is 3. The summed E-state index contributed by atoms with van der Waals surface area (Å²) >= 11 is 13.6. The van der Waals surface area contributed by atoms with Crippen LogP contribution in [0.2, 0.25) is 10.0 Å². The number of ether oxygens (including phenoxy) is 2. The summed E-state index contributed by atoms with van der Waals surface area (Å²) in [5.41, 5.74) is 3.29. The average molecular weight is 930 g/mol. The normalized spacial score (nSPS) is 22.9. The molecule has 4 aliphatic heterocycles. The molecule has 4 fully saturated rings. The molecule has 3 saturated heterocycles. The quantitative estimate of drug-likeness (QED) is 0.161. The minimum Gasteiger partial charge on any atom is -0.478 e. The van der Waals surface area contributed by atoms with E-state index in [1.54, 1.807) is 21.7 Å². The average Bonchev–Trinajstić information content (AvgIpc) is 3.61. The lowest BCUT2D eigenvalue weighted by atomic mass is 9.86. The van der Waals surface area contributed by atoms with E-state index in [2.05, 4.69) is 42.6 Å². The highest BCUT2D eigenvalue weighted by atomic mass is 35.5. The Labute approximate surface area is 386 Å². The largest absolute Gasteiger partial charge is 0.478 e. The van der Waals surface area contributed by atoms with Gasteiger partial charge >= 0.3 is 0 Å². The van der Waals surface area contributed by atoms with Gasteiger partial charge in [0.2, 0.25) is 17.8 Å². The second kappa shape index (κ2) is 18.4. The fourth-order valence-electron chi connectivity index (χ4n) is 9.86. The van der Waals surface area contributed by atoms with Crippen molar-refractivity contribution >= 4 is 80.9 Å². The minimum atomic E-state index is -0.680. The van der Waals surface area contributed by atoms with Crippen molar-refractivity contribution in [1.29, 1.82) is 0 Å². The summed E-state index contributed by atoms with van der Waals surface area (Å²) in [7, 11) is 1.51. The molecule has 4 amide bonds. The zero-order valence-electron chi connectivity index (χ0n) is 36.9. The molecular formula is C46H54Cl2N10O7. The smallest absolute Gasteiger partial charge is 0.293 e. The van der Waals surface area contributed by atoms with E-state index in [-0.39, 0.29) is 72.9 Å². The number of nitrogens with one attached hydrogen (secondary N) is 3. The lowest BCUT2D eigenvalue weighted by Crippen LogP contribution is -2.59. The molecule has 0 unspecified atom stereocenters. The SMILES string of the molecule is CNC(=O)COc1cc2cc(Nc3nc(N4CCC(O[C@H]5C[C@H](N6CCN(c7ccc8c(c7Cl)CN([C@@H]7CCC(=O)NC7=O)C8=O)[C@H](C)C6)C5)CC4)ncc3Cl)ccc2n(C(C)C)c1=O. The number of pyridine rings is 1. The Bertz CT molecular complexity index is 2600. The van der Waals surface area contributed by atoms with Crippen LogP contribution in [0.1, 0.15) is 81.3 Å². The molecule has 344 valence electrons. The van der Waals surface area contributed by atoms with Crippen LogP contribution in [-0.4, -0.2) is 125 Å². The number of carbonyl (C=O) groups is 4. The van der Waals surface area contributed by atoms with Gasteiger partial charge < -0.3 is 39.4 Å². The first-order valence-electron chi connectivity index (χ1n) is 22.5. The minimum absolute atomic E-state index is 0.0900. The monoisotopic (exact) mass is 928 g/mol. The van der Waals surface area contributed by atoms with Crippen molar-refractivity contribution in [3.8, 4) is 5.75 Å². The van der Waals surface area contributed by atoms with Crippen molar-refractivity contribution in [3.63, 3.8) is 0 Å². The van der Waals surface area contributed by atoms with Gasteiger partial charge in [-0.25, -0.2) is 4.98 Å². The van der Waals surface area contributed by atoms with Gasteiger partial charge in [0.25, 0.3) is 17.4 Å². The summed E-state index contributed by atoms with van der Waals surface area (Å²) in [5, 5.41) is 9.87. The molecule has 9 rings (SSSR count). The molecule has 17 nitrogen and oxygen atoms in total. The second-order valence-corrected chi connectivity index (χ2v) is 18.7. The molecule has 5 aliphatic rings. The molecule has 1 aliphatic carbocycles. The molecule has 1 saturated carbocycles. The van der Waals surface area contributed by atoms with Gasteiger partial charge in [-0.3, -0.25) is 34.2 Å². The number of hydrogen-bond donors (Lipinski definition) is 3. The summed E-state index contributed by atoms with van der Waals surface area (Å²) in [6.45, 7) is 10.1. The molecule has 4 aromatic rings. The first kappa shape index (κ1) is 44.7. The van der Waals surface area contributed by atoms with E-state index < -0.39 is 11.9 Å². The number of nitrogens with zero attached hydrogens (tertiary/aromatic N) is 7. The Balaban J connectivity index is 0.756. The van der Waals surface area contributed by atoms with Crippen LogP contribution in [0.25, 0.3) is 10.9 Å². The Kier molecular flexibility index (Phi) is 12.7. The fraction of sp³-hybridized carbons (Fsp3) is 0.500. The maximum Gasteiger partial charge on any atom is 0.293 e. The molecule has 0 spiro atoms. The van der Waals surface area contributed by atoms with Gasteiger partial charge in [0, 0.05) is 93.1 Å². The number of hydrogen-bond acceptors (Lipinski definition) is 13. The molecule has 65 heavy (non-hydrogen) atoms. The number of piperidine rings is 2. The Morgan fingerprint density at radius 3 is 2.48 bits per heavy atom. The third-order valence-corrected chi connectivity index (χ3v) is 14.1.